The lowest BCUT2D eigenvalue weighted by Crippen LogP contribution is -2.25. The fourth-order valence-electron chi connectivity index (χ4n) is 2.49. The monoisotopic (exact) mass is 316 g/mol. The van der Waals surface area contributed by atoms with Gasteiger partial charge < -0.3 is 0 Å². The molecule has 0 amide bonds. The first-order valence-corrected chi connectivity index (χ1v) is 8.37. The molecule has 112 valence electrons. The Morgan fingerprint density at radius 2 is 1.77 bits per heavy atom. The minimum absolute atomic E-state index is 0.0930. The van der Waals surface area contributed by atoms with Crippen molar-refractivity contribution in [3.8, 4) is 0 Å². The summed E-state index contributed by atoms with van der Waals surface area (Å²) in [6.07, 6.45) is 1.55. The van der Waals surface area contributed by atoms with Gasteiger partial charge in [-0.15, -0.1) is 0 Å². The molecule has 0 saturated heterocycles. The summed E-state index contributed by atoms with van der Waals surface area (Å²) in [5.41, 5.74) is 1.87. The second kappa shape index (κ2) is 5.18. The summed E-state index contributed by atoms with van der Waals surface area (Å²) < 4.78 is 38.3. The van der Waals surface area contributed by atoms with Crippen LogP contribution in [0.3, 0.4) is 0 Å². The summed E-state index contributed by atoms with van der Waals surface area (Å²) in [4.78, 5) is 11.9. The highest BCUT2D eigenvalue weighted by atomic mass is 32.2. The van der Waals surface area contributed by atoms with Gasteiger partial charge in [-0.25, -0.2) is 12.8 Å². The highest BCUT2D eigenvalue weighted by Crippen LogP contribution is 2.30. The average molecular weight is 316 g/mol. The molecule has 0 radical (unpaired) electrons. The third kappa shape index (κ3) is 2.48. The van der Waals surface area contributed by atoms with Crippen LogP contribution in [-0.2, 0) is 9.84 Å². The molecular weight excluding hydrogens is 303 g/mol. The van der Waals surface area contributed by atoms with Gasteiger partial charge in [0.1, 0.15) is 10.7 Å². The fourth-order valence-corrected chi connectivity index (χ4v) is 4.12. The van der Waals surface area contributed by atoms with Crippen LogP contribution in [0.2, 0.25) is 0 Å². The van der Waals surface area contributed by atoms with E-state index in [0.717, 1.165) is 17.2 Å². The van der Waals surface area contributed by atoms with Gasteiger partial charge >= 0.3 is 0 Å². The van der Waals surface area contributed by atoms with Gasteiger partial charge in [-0.1, -0.05) is 35.9 Å². The second-order valence-corrected chi connectivity index (χ2v) is 7.21. The fraction of sp³-hybridized carbons (Fsp3) is 0.118. The molecule has 0 unspecified atom stereocenters. The van der Waals surface area contributed by atoms with E-state index < -0.39 is 32.1 Å². The van der Waals surface area contributed by atoms with Gasteiger partial charge in [-0.3, -0.25) is 4.79 Å². The number of benzene rings is 2. The van der Waals surface area contributed by atoms with Crippen molar-refractivity contribution in [3.63, 3.8) is 0 Å². The molecule has 0 fully saturated rings. The largest absolute Gasteiger partial charge is 0.289 e. The molecule has 3 rings (SSSR count). The van der Waals surface area contributed by atoms with Crippen LogP contribution in [0, 0.1) is 12.7 Å². The molecule has 1 aliphatic rings. The second-order valence-electron chi connectivity index (χ2n) is 5.28. The van der Waals surface area contributed by atoms with Gasteiger partial charge in [0, 0.05) is 11.1 Å². The van der Waals surface area contributed by atoms with E-state index in [0.29, 0.717) is 0 Å². The van der Waals surface area contributed by atoms with Crippen LogP contribution in [0.1, 0.15) is 21.5 Å². The van der Waals surface area contributed by atoms with E-state index in [1.807, 2.05) is 31.2 Å². The summed E-state index contributed by atoms with van der Waals surface area (Å²) in [6.45, 7) is 1.94. The number of sulfone groups is 1. The van der Waals surface area contributed by atoms with Crippen molar-refractivity contribution in [2.75, 3.05) is 5.75 Å². The number of hydrogen-bond donors (Lipinski definition) is 0. The smallest absolute Gasteiger partial charge is 0.191 e. The molecule has 1 heterocycles. The van der Waals surface area contributed by atoms with Crippen LogP contribution >= 0.6 is 0 Å². The van der Waals surface area contributed by atoms with Crippen molar-refractivity contribution in [1.29, 1.82) is 0 Å². The quantitative estimate of drug-likeness (QED) is 0.759. The summed E-state index contributed by atoms with van der Waals surface area (Å²) in [6, 6.07) is 11.1. The summed E-state index contributed by atoms with van der Waals surface area (Å²) in [7, 11) is -3.85. The molecule has 2 aromatic rings. The first-order chi connectivity index (χ1) is 10.4. The number of fused-ring (bicyclic) bond motifs is 1. The van der Waals surface area contributed by atoms with E-state index in [9.17, 15) is 17.6 Å². The number of aryl methyl sites for hydroxylation is 1. The highest BCUT2D eigenvalue weighted by Gasteiger charge is 2.35. The van der Waals surface area contributed by atoms with Crippen LogP contribution in [0.25, 0.3) is 6.08 Å². The molecule has 0 bridgehead atoms. The zero-order chi connectivity index (χ0) is 15.9. The maximum atomic E-state index is 13.8. The Labute approximate surface area is 128 Å². The SMILES string of the molecule is Cc1ccc(/C=C2\CS(=O)(=O)c3c(F)cccc3C2=O)cc1. The Morgan fingerprint density at radius 3 is 2.45 bits per heavy atom. The number of ketones is 1. The van der Waals surface area contributed by atoms with E-state index >= 15 is 0 Å². The van der Waals surface area contributed by atoms with E-state index in [4.69, 9.17) is 0 Å². The van der Waals surface area contributed by atoms with Gasteiger partial charge in [0.15, 0.2) is 15.6 Å². The molecule has 2 aromatic carbocycles. The predicted octanol–water partition coefficient (Wildman–Crippen LogP) is 3.19. The Kier molecular flexibility index (Phi) is 3.45. The van der Waals surface area contributed by atoms with Crippen molar-refractivity contribution < 1.29 is 17.6 Å². The van der Waals surface area contributed by atoms with E-state index in [1.165, 1.54) is 12.1 Å². The molecule has 1 aliphatic heterocycles. The van der Waals surface area contributed by atoms with E-state index in [1.54, 1.807) is 6.08 Å². The molecule has 0 aliphatic carbocycles. The van der Waals surface area contributed by atoms with Crippen LogP contribution in [0.15, 0.2) is 52.9 Å². The van der Waals surface area contributed by atoms with Crippen molar-refractivity contribution in [3.05, 3.63) is 70.5 Å². The zero-order valence-corrected chi connectivity index (χ0v) is 12.7. The van der Waals surface area contributed by atoms with Crippen LogP contribution in [-0.4, -0.2) is 20.0 Å². The number of Topliss-reactive ketones (excluding diaryl/α,β-unsaturated/α-hetero) is 1. The van der Waals surface area contributed by atoms with Gasteiger partial charge in [0.2, 0.25) is 0 Å². The van der Waals surface area contributed by atoms with Crippen molar-refractivity contribution in [1.82, 2.24) is 0 Å². The summed E-state index contributed by atoms with van der Waals surface area (Å²) in [5.74, 6) is -1.79. The number of carbonyl (C=O) groups is 1. The minimum atomic E-state index is -3.85. The lowest BCUT2D eigenvalue weighted by atomic mass is 10.0. The number of carbonyl (C=O) groups excluding carboxylic acids is 1. The third-order valence-corrected chi connectivity index (χ3v) is 5.31. The highest BCUT2D eigenvalue weighted by molar-refractivity contribution is 7.91. The molecule has 3 nitrogen and oxygen atoms in total. The number of halogens is 1. The third-order valence-electron chi connectivity index (χ3n) is 3.58. The summed E-state index contributed by atoms with van der Waals surface area (Å²) >= 11 is 0. The molecule has 0 aromatic heterocycles. The Bertz CT molecular complexity index is 894. The first kappa shape index (κ1) is 14.7. The van der Waals surface area contributed by atoms with Crippen LogP contribution in [0.4, 0.5) is 4.39 Å². The van der Waals surface area contributed by atoms with E-state index in [-0.39, 0.29) is 11.1 Å². The summed E-state index contributed by atoms with van der Waals surface area (Å²) in [5, 5.41) is 0. The molecule has 0 atom stereocenters. The minimum Gasteiger partial charge on any atom is -0.289 e. The standard InChI is InChI=1S/C17H13FO3S/c1-11-5-7-12(8-6-11)9-13-10-22(20,21)17-14(16(13)19)3-2-4-15(17)18/h2-9H,10H2,1H3/b13-9+. The molecule has 0 N–H and O–H groups in total. The molecular formula is C17H13FO3S. The molecule has 0 saturated carbocycles. The Balaban J connectivity index is 2.14. The van der Waals surface area contributed by atoms with Crippen molar-refractivity contribution in [2.45, 2.75) is 11.8 Å². The number of rotatable bonds is 1. The van der Waals surface area contributed by atoms with Gasteiger partial charge in [-0.05, 0) is 30.7 Å². The van der Waals surface area contributed by atoms with Gasteiger partial charge in [0.05, 0.1) is 5.75 Å². The number of hydrogen-bond acceptors (Lipinski definition) is 3. The maximum absolute atomic E-state index is 13.8. The van der Waals surface area contributed by atoms with Crippen LogP contribution < -0.4 is 0 Å². The molecule has 0 spiro atoms. The van der Waals surface area contributed by atoms with Crippen molar-refractivity contribution >= 4 is 21.7 Å². The average Bonchev–Trinajstić information content (AvgIpc) is 2.46. The first-order valence-electron chi connectivity index (χ1n) is 6.72. The van der Waals surface area contributed by atoms with Crippen LogP contribution in [0.5, 0.6) is 0 Å². The van der Waals surface area contributed by atoms with Crippen molar-refractivity contribution in [2.24, 2.45) is 0 Å². The normalized spacial score (nSPS) is 18.3. The lowest BCUT2D eigenvalue weighted by molar-refractivity contribution is 0.103. The van der Waals surface area contributed by atoms with Gasteiger partial charge in [-0.2, -0.15) is 0 Å². The maximum Gasteiger partial charge on any atom is 0.191 e. The zero-order valence-electron chi connectivity index (χ0n) is 11.8. The predicted molar refractivity (Wildman–Crippen MR) is 81.9 cm³/mol. The topological polar surface area (TPSA) is 51.2 Å². The Morgan fingerprint density at radius 1 is 1.09 bits per heavy atom. The Hall–Kier alpha value is -2.27. The van der Waals surface area contributed by atoms with E-state index in [2.05, 4.69) is 0 Å². The molecule has 5 heteroatoms. The van der Waals surface area contributed by atoms with Gasteiger partial charge in [0.25, 0.3) is 0 Å². The molecule has 22 heavy (non-hydrogen) atoms. The lowest BCUT2D eigenvalue weighted by Gasteiger charge is -2.18.